The fourth-order valence-corrected chi connectivity index (χ4v) is 2.19. The number of aromatic nitrogens is 1. The summed E-state index contributed by atoms with van der Waals surface area (Å²) in [6, 6.07) is 4.89. The lowest BCUT2D eigenvalue weighted by Crippen LogP contribution is -2.22. The van der Waals surface area contributed by atoms with Gasteiger partial charge in [-0.3, -0.25) is 9.59 Å². The molecule has 0 radical (unpaired) electrons. The summed E-state index contributed by atoms with van der Waals surface area (Å²) >= 11 is 0. The van der Waals surface area contributed by atoms with Crippen molar-refractivity contribution < 1.29 is 18.8 Å². The summed E-state index contributed by atoms with van der Waals surface area (Å²) in [5, 5.41) is 6.50. The summed E-state index contributed by atoms with van der Waals surface area (Å²) in [5.74, 6) is 0.335. The van der Waals surface area contributed by atoms with E-state index in [0.29, 0.717) is 34.0 Å². The highest BCUT2D eigenvalue weighted by Gasteiger charge is 2.19. The first-order chi connectivity index (χ1) is 10.8. The molecule has 7 heteroatoms. The van der Waals surface area contributed by atoms with Crippen LogP contribution >= 0.6 is 0 Å². The number of ether oxygens (including phenoxy) is 1. The molecular formula is C16H19N3O4. The molecule has 1 N–H and O–H groups in total. The summed E-state index contributed by atoms with van der Waals surface area (Å²) in [5.41, 5.74) is 1.76. The van der Waals surface area contributed by atoms with E-state index in [2.05, 4.69) is 10.5 Å². The lowest BCUT2D eigenvalue weighted by molar-refractivity contribution is 0.0824. The molecule has 0 fully saturated rings. The number of nitrogens with zero attached hydrogens (tertiary/aromatic N) is 2. The fraction of sp³-hybridized carbons (Fsp3) is 0.312. The van der Waals surface area contributed by atoms with Crippen LogP contribution < -0.4 is 10.1 Å². The predicted molar refractivity (Wildman–Crippen MR) is 84.9 cm³/mol. The Morgan fingerprint density at radius 3 is 2.48 bits per heavy atom. The Morgan fingerprint density at radius 2 is 1.96 bits per heavy atom. The van der Waals surface area contributed by atoms with E-state index in [1.807, 2.05) is 0 Å². The summed E-state index contributed by atoms with van der Waals surface area (Å²) in [4.78, 5) is 26.0. The van der Waals surface area contributed by atoms with Crippen LogP contribution in [0.4, 0.5) is 5.69 Å². The van der Waals surface area contributed by atoms with Gasteiger partial charge in [0.1, 0.15) is 17.1 Å². The van der Waals surface area contributed by atoms with Crippen molar-refractivity contribution >= 4 is 17.5 Å². The Balaban J connectivity index is 2.32. The van der Waals surface area contributed by atoms with E-state index in [0.717, 1.165) is 0 Å². The van der Waals surface area contributed by atoms with E-state index >= 15 is 0 Å². The smallest absolute Gasteiger partial charge is 0.261 e. The number of carbonyl (C=O) groups is 2. The first-order valence-electron chi connectivity index (χ1n) is 6.99. The van der Waals surface area contributed by atoms with Gasteiger partial charge in [0, 0.05) is 19.8 Å². The van der Waals surface area contributed by atoms with E-state index in [-0.39, 0.29) is 11.8 Å². The van der Waals surface area contributed by atoms with Crippen molar-refractivity contribution in [2.75, 3.05) is 26.5 Å². The summed E-state index contributed by atoms with van der Waals surface area (Å²) in [6.45, 7) is 3.37. The van der Waals surface area contributed by atoms with Crippen molar-refractivity contribution in [3.05, 3.63) is 40.8 Å². The van der Waals surface area contributed by atoms with Gasteiger partial charge < -0.3 is 19.5 Å². The zero-order valence-electron chi connectivity index (χ0n) is 13.8. The topological polar surface area (TPSA) is 84.7 Å². The van der Waals surface area contributed by atoms with Gasteiger partial charge in [0.2, 0.25) is 0 Å². The third kappa shape index (κ3) is 3.33. The minimum atomic E-state index is -0.338. The molecule has 23 heavy (non-hydrogen) atoms. The van der Waals surface area contributed by atoms with Gasteiger partial charge in [-0.05, 0) is 32.0 Å². The highest BCUT2D eigenvalue weighted by molar-refractivity contribution is 6.06. The molecule has 1 aromatic heterocycles. The maximum atomic E-state index is 12.3. The summed E-state index contributed by atoms with van der Waals surface area (Å²) in [7, 11) is 4.79. The SMILES string of the molecule is COc1ccc(NC(=O)c2c(C)noc2C)cc1C(=O)N(C)C. The van der Waals surface area contributed by atoms with Crippen molar-refractivity contribution in [3.63, 3.8) is 0 Å². The number of hydrogen-bond donors (Lipinski definition) is 1. The highest BCUT2D eigenvalue weighted by atomic mass is 16.5. The van der Waals surface area contributed by atoms with Crippen LogP contribution in [0, 0.1) is 13.8 Å². The Labute approximate surface area is 134 Å². The molecule has 7 nitrogen and oxygen atoms in total. The van der Waals surface area contributed by atoms with E-state index in [1.165, 1.54) is 12.0 Å². The molecule has 122 valence electrons. The molecule has 0 atom stereocenters. The Hall–Kier alpha value is -2.83. The fourth-order valence-electron chi connectivity index (χ4n) is 2.19. The first-order valence-corrected chi connectivity index (χ1v) is 6.99. The minimum absolute atomic E-state index is 0.213. The molecule has 1 heterocycles. The average Bonchev–Trinajstić information content (AvgIpc) is 2.85. The minimum Gasteiger partial charge on any atom is -0.496 e. The maximum Gasteiger partial charge on any atom is 0.261 e. The first kappa shape index (κ1) is 16.5. The number of anilines is 1. The maximum absolute atomic E-state index is 12.3. The second-order valence-electron chi connectivity index (χ2n) is 5.27. The van der Waals surface area contributed by atoms with Crippen LogP contribution in [0.1, 0.15) is 32.2 Å². The van der Waals surface area contributed by atoms with Gasteiger partial charge in [0.25, 0.3) is 11.8 Å². The zero-order valence-corrected chi connectivity index (χ0v) is 13.8. The molecule has 0 spiro atoms. The molecule has 2 rings (SSSR count). The van der Waals surface area contributed by atoms with Gasteiger partial charge in [0.15, 0.2) is 0 Å². The lowest BCUT2D eigenvalue weighted by Gasteiger charge is -2.15. The standard InChI is InChI=1S/C16H19N3O4/c1-9-14(10(2)23-18-9)15(20)17-11-6-7-13(22-5)12(8-11)16(21)19(3)4/h6-8H,1-5H3,(H,17,20). The number of carbonyl (C=O) groups excluding carboxylic acids is 2. The van der Waals surface area contributed by atoms with E-state index < -0.39 is 0 Å². The summed E-state index contributed by atoms with van der Waals surface area (Å²) in [6.07, 6.45) is 0. The largest absolute Gasteiger partial charge is 0.496 e. The average molecular weight is 317 g/mol. The zero-order chi connectivity index (χ0) is 17.1. The Kier molecular flexibility index (Phi) is 4.68. The third-order valence-electron chi connectivity index (χ3n) is 3.35. The molecular weight excluding hydrogens is 298 g/mol. The van der Waals surface area contributed by atoms with Gasteiger partial charge >= 0.3 is 0 Å². The van der Waals surface area contributed by atoms with Gasteiger partial charge in [-0.2, -0.15) is 0 Å². The lowest BCUT2D eigenvalue weighted by atomic mass is 10.1. The predicted octanol–water partition coefficient (Wildman–Crippen LogP) is 2.25. The normalized spacial score (nSPS) is 10.3. The molecule has 0 bridgehead atoms. The molecule has 0 aliphatic rings. The van der Waals surface area contributed by atoms with Crippen LogP contribution in [0.15, 0.2) is 22.7 Å². The van der Waals surface area contributed by atoms with Crippen LogP contribution in [0.3, 0.4) is 0 Å². The molecule has 0 aliphatic heterocycles. The highest BCUT2D eigenvalue weighted by Crippen LogP contribution is 2.24. The van der Waals surface area contributed by atoms with Crippen LogP contribution in [0.25, 0.3) is 0 Å². The second-order valence-corrected chi connectivity index (χ2v) is 5.27. The van der Waals surface area contributed by atoms with Crippen molar-refractivity contribution in [1.29, 1.82) is 0 Å². The number of nitrogens with one attached hydrogen (secondary N) is 1. The number of methoxy groups -OCH3 is 1. The number of rotatable bonds is 4. The van der Waals surface area contributed by atoms with Gasteiger partial charge in [-0.25, -0.2) is 0 Å². The molecule has 2 amide bonds. The molecule has 2 aromatic rings. The van der Waals surface area contributed by atoms with E-state index in [9.17, 15) is 9.59 Å². The van der Waals surface area contributed by atoms with Crippen LogP contribution in [0.5, 0.6) is 5.75 Å². The summed E-state index contributed by atoms with van der Waals surface area (Å²) < 4.78 is 10.2. The van der Waals surface area contributed by atoms with E-state index in [1.54, 1.807) is 46.1 Å². The van der Waals surface area contributed by atoms with Gasteiger partial charge in [-0.1, -0.05) is 5.16 Å². The number of benzene rings is 1. The van der Waals surface area contributed by atoms with E-state index in [4.69, 9.17) is 9.26 Å². The van der Waals surface area contributed by atoms with Crippen molar-refractivity contribution in [1.82, 2.24) is 10.1 Å². The number of aryl methyl sites for hydroxylation is 2. The second kappa shape index (κ2) is 6.51. The third-order valence-corrected chi connectivity index (χ3v) is 3.35. The molecule has 1 aromatic carbocycles. The monoisotopic (exact) mass is 317 g/mol. The van der Waals surface area contributed by atoms with Crippen LogP contribution in [0.2, 0.25) is 0 Å². The van der Waals surface area contributed by atoms with Crippen LogP contribution in [-0.2, 0) is 0 Å². The van der Waals surface area contributed by atoms with Gasteiger partial charge in [0.05, 0.1) is 18.4 Å². The number of hydrogen-bond acceptors (Lipinski definition) is 5. The van der Waals surface area contributed by atoms with Gasteiger partial charge in [-0.15, -0.1) is 0 Å². The Morgan fingerprint density at radius 1 is 1.26 bits per heavy atom. The van der Waals surface area contributed by atoms with Crippen LogP contribution in [-0.4, -0.2) is 43.1 Å². The quantitative estimate of drug-likeness (QED) is 0.935. The Bertz CT molecular complexity index is 730. The van der Waals surface area contributed by atoms with Crippen molar-refractivity contribution in [2.24, 2.45) is 0 Å². The van der Waals surface area contributed by atoms with Crippen molar-refractivity contribution in [2.45, 2.75) is 13.8 Å². The molecule has 0 unspecified atom stereocenters. The number of amides is 2. The van der Waals surface area contributed by atoms with Crippen molar-refractivity contribution in [3.8, 4) is 5.75 Å². The molecule has 0 aliphatic carbocycles. The molecule has 0 saturated heterocycles. The molecule has 0 saturated carbocycles.